The van der Waals surface area contributed by atoms with E-state index in [1.807, 2.05) is 12.3 Å². The van der Waals surface area contributed by atoms with E-state index in [1.54, 1.807) is 18.3 Å². The van der Waals surface area contributed by atoms with Crippen LogP contribution in [-0.4, -0.2) is 39.3 Å². The highest BCUT2D eigenvalue weighted by Crippen LogP contribution is 2.40. The van der Waals surface area contributed by atoms with E-state index in [1.165, 1.54) is 17.7 Å². The van der Waals surface area contributed by atoms with Crippen LogP contribution in [0.15, 0.2) is 48.8 Å². The normalized spacial score (nSPS) is 23.7. The molecule has 0 saturated carbocycles. The van der Waals surface area contributed by atoms with Crippen LogP contribution in [0.1, 0.15) is 43.2 Å². The van der Waals surface area contributed by atoms with Gasteiger partial charge in [-0.3, -0.25) is 14.7 Å². The van der Waals surface area contributed by atoms with Gasteiger partial charge in [0.25, 0.3) is 0 Å². The smallest absolute Gasteiger partial charge is 0.223 e. The van der Waals surface area contributed by atoms with Gasteiger partial charge in [0.1, 0.15) is 5.82 Å². The third kappa shape index (κ3) is 4.03. The summed E-state index contributed by atoms with van der Waals surface area (Å²) in [6.45, 7) is 3.54. The summed E-state index contributed by atoms with van der Waals surface area (Å²) in [4.78, 5) is 21.4. The van der Waals surface area contributed by atoms with Gasteiger partial charge in [0, 0.05) is 44.0 Å². The number of amides is 1. The second-order valence-electron chi connectivity index (χ2n) is 7.82. The Kier molecular flexibility index (Phi) is 5.21. The molecule has 2 aromatic rings. The van der Waals surface area contributed by atoms with Crippen molar-refractivity contribution < 1.29 is 9.18 Å². The Hall–Kier alpha value is -2.27. The number of pyridine rings is 1. The van der Waals surface area contributed by atoms with Crippen LogP contribution < -0.4 is 0 Å². The van der Waals surface area contributed by atoms with Crippen molar-refractivity contribution in [3.63, 3.8) is 0 Å². The third-order valence-corrected chi connectivity index (χ3v) is 6.07. The Morgan fingerprint density at radius 3 is 2.63 bits per heavy atom. The monoisotopic (exact) mass is 367 g/mol. The van der Waals surface area contributed by atoms with Crippen molar-refractivity contribution in [1.82, 2.24) is 14.8 Å². The van der Waals surface area contributed by atoms with Crippen LogP contribution in [0.3, 0.4) is 0 Å². The maximum atomic E-state index is 13.2. The Balaban J connectivity index is 1.46. The summed E-state index contributed by atoms with van der Waals surface area (Å²) in [7, 11) is 0. The number of likely N-dealkylation sites (tertiary alicyclic amines) is 2. The van der Waals surface area contributed by atoms with Gasteiger partial charge in [0.15, 0.2) is 0 Å². The lowest BCUT2D eigenvalue weighted by molar-refractivity contribution is -0.132. The van der Waals surface area contributed by atoms with E-state index in [-0.39, 0.29) is 17.3 Å². The Labute approximate surface area is 160 Å². The molecular weight excluding hydrogens is 341 g/mol. The van der Waals surface area contributed by atoms with E-state index in [2.05, 4.69) is 20.9 Å². The van der Waals surface area contributed by atoms with Crippen LogP contribution in [0.2, 0.25) is 0 Å². The van der Waals surface area contributed by atoms with E-state index in [0.29, 0.717) is 13.0 Å². The molecule has 4 rings (SSSR count). The first-order valence-electron chi connectivity index (χ1n) is 9.81. The lowest BCUT2D eigenvalue weighted by atomic mass is 9.87. The molecule has 2 aliphatic heterocycles. The predicted molar refractivity (Wildman–Crippen MR) is 102 cm³/mol. The number of rotatable bonds is 4. The van der Waals surface area contributed by atoms with Crippen molar-refractivity contribution >= 4 is 5.91 Å². The van der Waals surface area contributed by atoms with Crippen molar-refractivity contribution in [3.05, 3.63) is 65.7 Å². The largest absolute Gasteiger partial charge is 0.333 e. The molecule has 2 saturated heterocycles. The molecule has 0 N–H and O–H groups in total. The number of hydrogen-bond acceptors (Lipinski definition) is 3. The minimum atomic E-state index is -0.235. The second kappa shape index (κ2) is 7.77. The number of hydrogen-bond donors (Lipinski definition) is 0. The summed E-state index contributed by atoms with van der Waals surface area (Å²) in [6.07, 6.45) is 8.44. The first kappa shape index (κ1) is 18.1. The molecule has 2 fully saturated rings. The van der Waals surface area contributed by atoms with Crippen LogP contribution in [0.25, 0.3) is 0 Å². The first-order chi connectivity index (χ1) is 13.1. The summed E-state index contributed by atoms with van der Waals surface area (Å²) in [5, 5.41) is 0. The second-order valence-corrected chi connectivity index (χ2v) is 7.82. The minimum absolute atomic E-state index is 0.0465. The van der Waals surface area contributed by atoms with E-state index >= 15 is 0 Å². The molecular formula is C22H26FN3O. The molecule has 142 valence electrons. The number of halogens is 1. The molecule has 1 spiro atoms. The van der Waals surface area contributed by atoms with Gasteiger partial charge in [-0.25, -0.2) is 4.39 Å². The molecule has 1 aromatic heterocycles. The third-order valence-electron chi connectivity index (χ3n) is 6.07. The number of carbonyl (C=O) groups is 1. The maximum absolute atomic E-state index is 13.2. The van der Waals surface area contributed by atoms with Crippen LogP contribution in [0.5, 0.6) is 0 Å². The van der Waals surface area contributed by atoms with E-state index in [4.69, 9.17) is 0 Å². The average Bonchev–Trinajstić information content (AvgIpc) is 2.85. The van der Waals surface area contributed by atoms with Crippen LogP contribution >= 0.6 is 0 Å². The van der Waals surface area contributed by atoms with E-state index in [9.17, 15) is 9.18 Å². The number of nitrogens with zero attached hydrogens (tertiary/aromatic N) is 3. The highest BCUT2D eigenvalue weighted by molar-refractivity contribution is 5.79. The van der Waals surface area contributed by atoms with Gasteiger partial charge < -0.3 is 4.90 Å². The van der Waals surface area contributed by atoms with Gasteiger partial charge in [0.2, 0.25) is 5.91 Å². The average molecular weight is 367 g/mol. The summed E-state index contributed by atoms with van der Waals surface area (Å²) >= 11 is 0. The van der Waals surface area contributed by atoms with Gasteiger partial charge in [-0.1, -0.05) is 18.2 Å². The lowest BCUT2D eigenvalue weighted by Gasteiger charge is -2.38. The van der Waals surface area contributed by atoms with Crippen molar-refractivity contribution in [2.75, 3.05) is 13.1 Å². The Morgan fingerprint density at radius 2 is 1.85 bits per heavy atom. The molecule has 1 aromatic carbocycles. The highest BCUT2D eigenvalue weighted by Gasteiger charge is 2.45. The van der Waals surface area contributed by atoms with Gasteiger partial charge in [-0.05, 0) is 61.6 Å². The predicted octanol–water partition coefficient (Wildman–Crippen LogP) is 3.77. The van der Waals surface area contributed by atoms with Crippen LogP contribution in [-0.2, 0) is 17.9 Å². The fraction of sp³-hybridized carbons (Fsp3) is 0.455. The maximum Gasteiger partial charge on any atom is 0.223 e. The SMILES string of the molecule is O=C1CCC2(CCCN(Cc3cccnc3)CC2)N1Cc1ccc(F)cc1. The lowest BCUT2D eigenvalue weighted by Crippen LogP contribution is -2.45. The topological polar surface area (TPSA) is 36.4 Å². The van der Waals surface area contributed by atoms with Crippen LogP contribution in [0.4, 0.5) is 4.39 Å². The summed E-state index contributed by atoms with van der Waals surface area (Å²) in [6, 6.07) is 10.6. The number of benzene rings is 1. The molecule has 0 aliphatic carbocycles. The highest BCUT2D eigenvalue weighted by atomic mass is 19.1. The molecule has 2 aliphatic rings. The van der Waals surface area contributed by atoms with E-state index < -0.39 is 0 Å². The molecule has 1 amide bonds. The molecule has 1 unspecified atom stereocenters. The van der Waals surface area contributed by atoms with Gasteiger partial charge in [-0.2, -0.15) is 0 Å². The zero-order valence-corrected chi connectivity index (χ0v) is 15.6. The first-order valence-corrected chi connectivity index (χ1v) is 9.81. The fourth-order valence-corrected chi connectivity index (χ4v) is 4.56. The number of carbonyl (C=O) groups excluding carboxylic acids is 1. The number of aromatic nitrogens is 1. The van der Waals surface area contributed by atoms with Gasteiger partial charge in [-0.15, -0.1) is 0 Å². The Bertz CT molecular complexity index is 780. The zero-order valence-electron chi connectivity index (χ0n) is 15.6. The Morgan fingerprint density at radius 1 is 1.00 bits per heavy atom. The van der Waals surface area contributed by atoms with E-state index in [0.717, 1.165) is 50.9 Å². The molecule has 1 atom stereocenters. The fourth-order valence-electron chi connectivity index (χ4n) is 4.56. The molecule has 5 heteroatoms. The molecule has 0 radical (unpaired) electrons. The van der Waals surface area contributed by atoms with Crippen LogP contribution in [0, 0.1) is 5.82 Å². The molecule has 0 bridgehead atoms. The van der Waals surface area contributed by atoms with Crippen molar-refractivity contribution in [2.24, 2.45) is 0 Å². The summed E-state index contributed by atoms with van der Waals surface area (Å²) in [5.41, 5.74) is 2.19. The summed E-state index contributed by atoms with van der Waals surface area (Å²) < 4.78 is 13.2. The van der Waals surface area contributed by atoms with Crippen molar-refractivity contribution in [2.45, 2.75) is 50.7 Å². The molecule has 27 heavy (non-hydrogen) atoms. The van der Waals surface area contributed by atoms with Crippen molar-refractivity contribution in [1.29, 1.82) is 0 Å². The standard InChI is InChI=1S/C22H26FN3O/c23-20-6-4-18(5-7-20)17-26-21(27)8-10-22(26)9-2-13-25(14-11-22)16-19-3-1-12-24-15-19/h1,3-7,12,15H,2,8-11,13-14,16-17H2. The zero-order chi connectivity index (χ0) is 18.7. The summed E-state index contributed by atoms with van der Waals surface area (Å²) in [5.74, 6) is 0.00163. The minimum Gasteiger partial charge on any atom is -0.333 e. The molecule has 3 heterocycles. The van der Waals surface area contributed by atoms with Gasteiger partial charge in [0.05, 0.1) is 0 Å². The molecule has 4 nitrogen and oxygen atoms in total. The quantitative estimate of drug-likeness (QED) is 0.825. The van der Waals surface area contributed by atoms with Gasteiger partial charge >= 0.3 is 0 Å². The van der Waals surface area contributed by atoms with Crippen molar-refractivity contribution in [3.8, 4) is 0 Å².